The van der Waals surface area contributed by atoms with Crippen LogP contribution in [0.1, 0.15) is 18.9 Å². The first-order chi connectivity index (χ1) is 7.58. The molecule has 1 aromatic rings. The molecule has 0 aromatic heterocycles. The number of benzene rings is 1. The van der Waals surface area contributed by atoms with Crippen molar-refractivity contribution in [3.05, 3.63) is 29.3 Å². The number of hydrogen-bond acceptors (Lipinski definition) is 2. The lowest BCUT2D eigenvalue weighted by Gasteiger charge is -2.10. The summed E-state index contributed by atoms with van der Waals surface area (Å²) in [6.45, 7) is 1.85. The van der Waals surface area contributed by atoms with E-state index >= 15 is 0 Å². The van der Waals surface area contributed by atoms with Crippen LogP contribution in [0.3, 0.4) is 0 Å². The van der Waals surface area contributed by atoms with E-state index in [0.717, 1.165) is 23.9 Å². The van der Waals surface area contributed by atoms with Crippen molar-refractivity contribution < 1.29 is 8.78 Å². The minimum Gasteiger partial charge on any atom is -0.206 e. The van der Waals surface area contributed by atoms with Crippen LogP contribution in [-0.4, -0.2) is 11.1 Å². The third kappa shape index (κ3) is 3.36. The van der Waals surface area contributed by atoms with Crippen LogP contribution in [0.2, 0.25) is 0 Å². The molecule has 0 fully saturated rings. The van der Waals surface area contributed by atoms with Gasteiger partial charge in [0.25, 0.3) is 0 Å². The summed E-state index contributed by atoms with van der Waals surface area (Å²) in [7, 11) is 0. The highest BCUT2D eigenvalue weighted by Gasteiger charge is 2.14. The van der Waals surface area contributed by atoms with Crippen LogP contribution in [-0.2, 0) is 0 Å². The fraction of sp³-hybridized carbons (Fsp3) is 0.364. The van der Waals surface area contributed by atoms with Gasteiger partial charge in [0.1, 0.15) is 11.6 Å². The van der Waals surface area contributed by atoms with Gasteiger partial charge in [-0.15, -0.1) is 23.4 Å². The average Bonchev–Trinajstić information content (AvgIpc) is 2.23. The minimum absolute atomic E-state index is 0.00986. The van der Waals surface area contributed by atoms with E-state index < -0.39 is 11.6 Å². The number of thioether (sulfide) groups is 1. The van der Waals surface area contributed by atoms with Crippen LogP contribution in [0.15, 0.2) is 17.0 Å². The first-order valence-electron chi connectivity index (χ1n) is 4.70. The Morgan fingerprint density at radius 3 is 2.44 bits per heavy atom. The standard InChI is InChI=1S/C11H10ClF2NS/c1-7(2-3-12)16-11-9(13)4-8(6-15)5-10(11)14/h4-5,7H,2-3H2,1H3. The molecule has 1 aromatic carbocycles. The molecular formula is C11H10ClF2NS. The fourth-order valence-corrected chi connectivity index (χ4v) is 2.59. The van der Waals surface area contributed by atoms with Crippen molar-refractivity contribution in [2.75, 3.05) is 5.88 Å². The number of hydrogen-bond donors (Lipinski definition) is 0. The number of halogens is 3. The van der Waals surface area contributed by atoms with Gasteiger partial charge < -0.3 is 0 Å². The zero-order valence-electron chi connectivity index (χ0n) is 8.64. The van der Waals surface area contributed by atoms with Gasteiger partial charge in [-0.3, -0.25) is 0 Å². The van der Waals surface area contributed by atoms with Crippen molar-refractivity contribution in [1.82, 2.24) is 0 Å². The fourth-order valence-electron chi connectivity index (χ4n) is 1.15. The van der Waals surface area contributed by atoms with Gasteiger partial charge >= 0.3 is 0 Å². The lowest BCUT2D eigenvalue weighted by atomic mass is 10.2. The van der Waals surface area contributed by atoms with Crippen molar-refractivity contribution >= 4 is 23.4 Å². The molecule has 0 amide bonds. The number of nitriles is 1. The molecule has 0 saturated carbocycles. The van der Waals surface area contributed by atoms with Crippen LogP contribution in [0.4, 0.5) is 8.78 Å². The monoisotopic (exact) mass is 261 g/mol. The molecule has 1 rings (SSSR count). The molecule has 1 unspecified atom stereocenters. The van der Waals surface area contributed by atoms with E-state index in [2.05, 4.69) is 0 Å². The second kappa shape index (κ2) is 6.07. The number of rotatable bonds is 4. The van der Waals surface area contributed by atoms with Crippen molar-refractivity contribution in [2.45, 2.75) is 23.5 Å². The lowest BCUT2D eigenvalue weighted by Crippen LogP contribution is -2.00. The topological polar surface area (TPSA) is 23.8 Å². The molecular weight excluding hydrogens is 252 g/mol. The number of alkyl halides is 1. The van der Waals surface area contributed by atoms with Gasteiger partial charge in [0.2, 0.25) is 0 Å². The Kier molecular flexibility index (Phi) is 5.04. The number of nitrogens with zero attached hydrogens (tertiary/aromatic N) is 1. The molecule has 0 heterocycles. The molecule has 0 aliphatic carbocycles. The van der Waals surface area contributed by atoms with Gasteiger partial charge in [0.05, 0.1) is 16.5 Å². The highest BCUT2D eigenvalue weighted by Crippen LogP contribution is 2.31. The van der Waals surface area contributed by atoms with Crippen LogP contribution in [0, 0.1) is 23.0 Å². The second-order valence-electron chi connectivity index (χ2n) is 3.29. The molecule has 0 bridgehead atoms. The third-order valence-electron chi connectivity index (χ3n) is 1.96. The third-order valence-corrected chi connectivity index (χ3v) is 3.44. The maximum absolute atomic E-state index is 13.5. The van der Waals surface area contributed by atoms with E-state index in [4.69, 9.17) is 16.9 Å². The van der Waals surface area contributed by atoms with E-state index in [1.54, 1.807) is 6.07 Å². The van der Waals surface area contributed by atoms with E-state index in [-0.39, 0.29) is 15.7 Å². The van der Waals surface area contributed by atoms with Crippen molar-refractivity contribution in [3.63, 3.8) is 0 Å². The highest BCUT2D eigenvalue weighted by molar-refractivity contribution is 8.00. The quantitative estimate of drug-likeness (QED) is 0.605. The Morgan fingerprint density at radius 1 is 1.44 bits per heavy atom. The highest BCUT2D eigenvalue weighted by atomic mass is 35.5. The Balaban J connectivity index is 2.93. The zero-order chi connectivity index (χ0) is 12.1. The molecule has 0 aliphatic heterocycles. The summed E-state index contributed by atoms with van der Waals surface area (Å²) in [6.07, 6.45) is 0.672. The zero-order valence-corrected chi connectivity index (χ0v) is 10.2. The summed E-state index contributed by atoms with van der Waals surface area (Å²) < 4.78 is 26.9. The summed E-state index contributed by atoms with van der Waals surface area (Å²) in [4.78, 5) is -0.0448. The summed E-state index contributed by atoms with van der Waals surface area (Å²) in [5.41, 5.74) is -0.00986. The van der Waals surface area contributed by atoms with Gasteiger partial charge in [0, 0.05) is 11.1 Å². The second-order valence-corrected chi connectivity index (χ2v) is 5.11. The maximum Gasteiger partial charge on any atom is 0.141 e. The van der Waals surface area contributed by atoms with Gasteiger partial charge in [-0.2, -0.15) is 5.26 Å². The van der Waals surface area contributed by atoms with E-state index in [1.165, 1.54) is 0 Å². The Morgan fingerprint density at radius 2 is 2.00 bits per heavy atom. The Labute approximate surface area is 102 Å². The van der Waals surface area contributed by atoms with E-state index in [9.17, 15) is 8.78 Å². The first kappa shape index (κ1) is 13.3. The summed E-state index contributed by atoms with van der Waals surface area (Å²) in [6, 6.07) is 3.78. The normalized spacial score (nSPS) is 12.2. The van der Waals surface area contributed by atoms with E-state index in [1.807, 2.05) is 6.92 Å². The van der Waals surface area contributed by atoms with E-state index in [0.29, 0.717) is 12.3 Å². The molecule has 1 nitrogen and oxygen atoms in total. The summed E-state index contributed by atoms with van der Waals surface area (Å²) in [5.74, 6) is -0.931. The molecule has 16 heavy (non-hydrogen) atoms. The van der Waals surface area contributed by atoms with Crippen LogP contribution >= 0.6 is 23.4 Å². The van der Waals surface area contributed by atoms with Gasteiger partial charge in [-0.1, -0.05) is 6.92 Å². The average molecular weight is 262 g/mol. The predicted octanol–water partition coefficient (Wildman–Crippen LogP) is 3.95. The summed E-state index contributed by atoms with van der Waals surface area (Å²) >= 11 is 6.64. The molecule has 0 aliphatic rings. The van der Waals surface area contributed by atoms with Crippen LogP contribution in [0.25, 0.3) is 0 Å². The molecule has 0 saturated heterocycles. The Hall–Kier alpha value is -0.790. The maximum atomic E-state index is 13.5. The first-order valence-corrected chi connectivity index (χ1v) is 6.11. The molecule has 0 N–H and O–H groups in total. The minimum atomic E-state index is -0.692. The molecule has 0 radical (unpaired) electrons. The lowest BCUT2D eigenvalue weighted by molar-refractivity contribution is 0.539. The van der Waals surface area contributed by atoms with Crippen molar-refractivity contribution in [3.8, 4) is 6.07 Å². The summed E-state index contributed by atoms with van der Waals surface area (Å²) in [5, 5.41) is 8.57. The van der Waals surface area contributed by atoms with Crippen molar-refractivity contribution in [1.29, 1.82) is 5.26 Å². The van der Waals surface area contributed by atoms with Gasteiger partial charge in [-0.05, 0) is 18.6 Å². The van der Waals surface area contributed by atoms with Crippen molar-refractivity contribution in [2.24, 2.45) is 0 Å². The van der Waals surface area contributed by atoms with Gasteiger partial charge in [-0.25, -0.2) is 8.78 Å². The van der Waals surface area contributed by atoms with Crippen LogP contribution < -0.4 is 0 Å². The Bertz CT molecular complexity index is 394. The SMILES string of the molecule is CC(CCCl)Sc1c(F)cc(C#N)cc1F. The van der Waals surface area contributed by atoms with Crippen LogP contribution in [0.5, 0.6) is 0 Å². The molecule has 86 valence electrons. The smallest absolute Gasteiger partial charge is 0.141 e. The van der Waals surface area contributed by atoms with Gasteiger partial charge in [0.15, 0.2) is 0 Å². The molecule has 5 heteroatoms. The molecule has 1 atom stereocenters. The molecule has 0 spiro atoms. The predicted molar refractivity (Wildman–Crippen MR) is 61.7 cm³/mol. The largest absolute Gasteiger partial charge is 0.206 e.